The molecule has 0 amide bonds. The van der Waals surface area contributed by atoms with Gasteiger partial charge in [-0.1, -0.05) is 12.1 Å². The van der Waals surface area contributed by atoms with Gasteiger partial charge in [0.2, 0.25) is 0 Å². The van der Waals surface area contributed by atoms with Crippen LogP contribution in [0.25, 0.3) is 0 Å². The van der Waals surface area contributed by atoms with E-state index in [0.717, 1.165) is 12.1 Å². The first-order valence-electron chi connectivity index (χ1n) is 4.53. The molecule has 0 bridgehead atoms. The summed E-state index contributed by atoms with van der Waals surface area (Å²) in [4.78, 5) is 0. The zero-order chi connectivity index (χ0) is 13.4. The SMILES string of the molecule is Cc1ccc([C@H](N)C(F)(F)C(F)(F)F)cc1F. The number of alkyl halides is 5. The van der Waals surface area contributed by atoms with E-state index in [1.165, 1.54) is 6.92 Å². The van der Waals surface area contributed by atoms with Crippen LogP contribution in [-0.4, -0.2) is 12.1 Å². The van der Waals surface area contributed by atoms with Gasteiger partial charge in [0.05, 0.1) is 0 Å². The van der Waals surface area contributed by atoms with Crippen LogP contribution in [0.1, 0.15) is 17.2 Å². The average molecular weight is 257 g/mol. The second kappa shape index (κ2) is 4.21. The van der Waals surface area contributed by atoms with Crippen LogP contribution < -0.4 is 5.73 Å². The molecule has 0 spiro atoms. The number of benzene rings is 1. The Morgan fingerprint density at radius 3 is 2.06 bits per heavy atom. The Balaban J connectivity index is 3.12. The van der Waals surface area contributed by atoms with Crippen molar-refractivity contribution < 1.29 is 26.3 Å². The van der Waals surface area contributed by atoms with Crippen molar-refractivity contribution in [3.8, 4) is 0 Å². The maximum atomic E-state index is 13.0. The van der Waals surface area contributed by atoms with Crippen LogP contribution in [0.15, 0.2) is 18.2 Å². The molecule has 0 aliphatic rings. The topological polar surface area (TPSA) is 26.0 Å². The van der Waals surface area contributed by atoms with E-state index < -0.39 is 29.5 Å². The molecule has 0 saturated carbocycles. The van der Waals surface area contributed by atoms with Crippen LogP contribution in [0.4, 0.5) is 26.3 Å². The Morgan fingerprint density at radius 2 is 1.65 bits per heavy atom. The van der Waals surface area contributed by atoms with Crippen molar-refractivity contribution in [2.45, 2.75) is 25.1 Å². The summed E-state index contributed by atoms with van der Waals surface area (Å²) in [6.07, 6.45) is -5.77. The van der Waals surface area contributed by atoms with Gasteiger partial charge in [-0.25, -0.2) is 4.39 Å². The predicted octanol–water partition coefficient (Wildman–Crippen LogP) is 3.33. The van der Waals surface area contributed by atoms with Crippen LogP contribution in [0.2, 0.25) is 0 Å². The van der Waals surface area contributed by atoms with Crippen LogP contribution in [-0.2, 0) is 0 Å². The molecule has 0 aliphatic heterocycles. The summed E-state index contributed by atoms with van der Waals surface area (Å²) in [6.45, 7) is 1.35. The molecule has 0 unspecified atom stereocenters. The minimum absolute atomic E-state index is 0.135. The number of aryl methyl sites for hydroxylation is 1. The first kappa shape index (κ1) is 13.8. The monoisotopic (exact) mass is 257 g/mol. The molecule has 1 rings (SSSR count). The van der Waals surface area contributed by atoms with Crippen molar-refractivity contribution in [3.05, 3.63) is 35.1 Å². The summed E-state index contributed by atoms with van der Waals surface area (Å²) in [7, 11) is 0. The van der Waals surface area contributed by atoms with Crippen molar-refractivity contribution in [2.75, 3.05) is 0 Å². The lowest BCUT2D eigenvalue weighted by atomic mass is 9.99. The largest absolute Gasteiger partial charge is 0.455 e. The molecule has 1 atom stereocenters. The Morgan fingerprint density at radius 1 is 1.12 bits per heavy atom. The summed E-state index contributed by atoms with van der Waals surface area (Å²) < 4.78 is 74.9. The van der Waals surface area contributed by atoms with Crippen molar-refractivity contribution in [3.63, 3.8) is 0 Å². The van der Waals surface area contributed by atoms with E-state index in [9.17, 15) is 26.3 Å². The van der Waals surface area contributed by atoms with Crippen LogP contribution in [0.3, 0.4) is 0 Å². The highest BCUT2D eigenvalue weighted by Gasteiger charge is 2.61. The molecular formula is C10H9F6N. The highest BCUT2D eigenvalue weighted by atomic mass is 19.4. The van der Waals surface area contributed by atoms with Crippen LogP contribution in [0.5, 0.6) is 0 Å². The molecule has 2 N–H and O–H groups in total. The van der Waals surface area contributed by atoms with E-state index in [1.54, 1.807) is 0 Å². The first-order chi connectivity index (χ1) is 7.57. The van der Waals surface area contributed by atoms with Crippen molar-refractivity contribution >= 4 is 0 Å². The van der Waals surface area contributed by atoms with Gasteiger partial charge in [0, 0.05) is 0 Å². The lowest BCUT2D eigenvalue weighted by molar-refractivity contribution is -0.291. The first-order valence-corrected chi connectivity index (χ1v) is 4.53. The Bertz CT molecular complexity index is 412. The molecule has 17 heavy (non-hydrogen) atoms. The molecule has 0 aliphatic carbocycles. The quantitative estimate of drug-likeness (QED) is 0.808. The summed E-state index contributed by atoms with van der Waals surface area (Å²) in [5.41, 5.74) is 4.38. The normalized spacial score (nSPS) is 14.8. The number of halogens is 6. The van der Waals surface area contributed by atoms with Gasteiger partial charge in [-0.15, -0.1) is 0 Å². The zero-order valence-electron chi connectivity index (χ0n) is 8.65. The van der Waals surface area contributed by atoms with Gasteiger partial charge in [-0.3, -0.25) is 0 Å². The third kappa shape index (κ3) is 2.54. The van der Waals surface area contributed by atoms with Gasteiger partial charge in [0.15, 0.2) is 0 Å². The van der Waals surface area contributed by atoms with Gasteiger partial charge < -0.3 is 5.73 Å². The molecule has 7 heteroatoms. The van der Waals surface area contributed by atoms with E-state index in [-0.39, 0.29) is 5.56 Å². The maximum Gasteiger partial charge on any atom is 0.455 e. The third-order valence-corrected chi connectivity index (χ3v) is 2.32. The van der Waals surface area contributed by atoms with Gasteiger partial charge in [0.25, 0.3) is 0 Å². The minimum atomic E-state index is -5.77. The summed E-state index contributed by atoms with van der Waals surface area (Å²) in [6, 6.07) is -0.00286. The van der Waals surface area contributed by atoms with E-state index in [0.29, 0.717) is 6.07 Å². The maximum absolute atomic E-state index is 13.0. The summed E-state index contributed by atoms with van der Waals surface area (Å²) >= 11 is 0. The number of rotatable bonds is 2. The smallest absolute Gasteiger partial charge is 0.319 e. The predicted molar refractivity (Wildman–Crippen MR) is 49.1 cm³/mol. The molecule has 1 aromatic rings. The Kier molecular flexibility index (Phi) is 3.42. The summed E-state index contributed by atoms with van der Waals surface area (Å²) in [5.74, 6) is -5.98. The molecule has 0 saturated heterocycles. The molecule has 0 heterocycles. The molecule has 0 fully saturated rings. The minimum Gasteiger partial charge on any atom is -0.319 e. The fourth-order valence-corrected chi connectivity index (χ4v) is 1.19. The molecule has 0 aromatic heterocycles. The standard InChI is InChI=1S/C10H9F6N/c1-5-2-3-6(4-7(5)11)8(17)9(12,13)10(14,15)16/h2-4,8H,17H2,1H3/t8-/m0/s1. The van der Waals surface area contributed by atoms with E-state index in [2.05, 4.69) is 0 Å². The van der Waals surface area contributed by atoms with E-state index in [4.69, 9.17) is 5.73 Å². The van der Waals surface area contributed by atoms with Crippen molar-refractivity contribution in [1.29, 1.82) is 0 Å². The second-order valence-corrected chi connectivity index (χ2v) is 3.61. The van der Waals surface area contributed by atoms with Gasteiger partial charge >= 0.3 is 12.1 Å². The fourth-order valence-electron chi connectivity index (χ4n) is 1.19. The highest BCUT2D eigenvalue weighted by Crippen LogP contribution is 2.43. The molecule has 1 nitrogen and oxygen atoms in total. The molecular weight excluding hydrogens is 248 g/mol. The average Bonchev–Trinajstić information content (AvgIpc) is 2.19. The number of hydrogen-bond donors (Lipinski definition) is 1. The van der Waals surface area contributed by atoms with Crippen molar-refractivity contribution in [1.82, 2.24) is 0 Å². The van der Waals surface area contributed by atoms with Gasteiger partial charge in [-0.05, 0) is 24.1 Å². The number of hydrogen-bond acceptors (Lipinski definition) is 1. The third-order valence-electron chi connectivity index (χ3n) is 2.32. The lowest BCUT2D eigenvalue weighted by Crippen LogP contribution is -2.45. The van der Waals surface area contributed by atoms with E-state index in [1.807, 2.05) is 0 Å². The molecule has 96 valence electrons. The van der Waals surface area contributed by atoms with Crippen LogP contribution >= 0.6 is 0 Å². The number of nitrogens with two attached hydrogens (primary N) is 1. The molecule has 0 radical (unpaired) electrons. The highest BCUT2D eigenvalue weighted by molar-refractivity contribution is 5.27. The van der Waals surface area contributed by atoms with Crippen LogP contribution in [0, 0.1) is 12.7 Å². The molecule has 1 aromatic carbocycles. The fraction of sp³-hybridized carbons (Fsp3) is 0.400. The van der Waals surface area contributed by atoms with Crippen molar-refractivity contribution in [2.24, 2.45) is 5.73 Å². The Hall–Kier alpha value is -1.24. The van der Waals surface area contributed by atoms with Gasteiger partial charge in [0.1, 0.15) is 11.9 Å². The van der Waals surface area contributed by atoms with E-state index >= 15 is 0 Å². The second-order valence-electron chi connectivity index (χ2n) is 3.61. The zero-order valence-corrected chi connectivity index (χ0v) is 8.65. The van der Waals surface area contributed by atoms with Gasteiger partial charge in [-0.2, -0.15) is 22.0 Å². The lowest BCUT2D eigenvalue weighted by Gasteiger charge is -2.26. The summed E-state index contributed by atoms with van der Waals surface area (Å²) in [5, 5.41) is 0. The Labute approximate surface area is 93.2 Å².